The maximum absolute atomic E-state index is 8.51. The minimum atomic E-state index is -0.380. The van der Waals surface area contributed by atoms with Crippen LogP contribution in [0.25, 0.3) is 0 Å². The molecule has 0 aromatic carbocycles. The highest BCUT2D eigenvalue weighted by molar-refractivity contribution is 5.03. The summed E-state index contributed by atoms with van der Waals surface area (Å²) in [7, 11) is 0. The van der Waals surface area contributed by atoms with Gasteiger partial charge in [0.15, 0.2) is 0 Å². The van der Waals surface area contributed by atoms with Crippen molar-refractivity contribution < 1.29 is 0 Å². The molecule has 0 saturated heterocycles. The maximum Gasteiger partial charge on any atom is 0.115 e. The Morgan fingerprint density at radius 2 is 2.08 bits per heavy atom. The average molecular weight is 160 g/mol. The Bertz CT molecular complexity index is 260. The molecule has 0 bridgehead atoms. The van der Waals surface area contributed by atoms with E-state index in [2.05, 4.69) is 5.32 Å². The van der Waals surface area contributed by atoms with E-state index in [4.69, 9.17) is 15.8 Å². The molecular formula is C8H8N4. The topological polar surface area (TPSA) is 83.4 Å². The zero-order chi connectivity index (χ0) is 9.23. The maximum atomic E-state index is 8.51. The zero-order valence-electron chi connectivity index (χ0n) is 6.49. The van der Waals surface area contributed by atoms with Crippen LogP contribution >= 0.6 is 0 Å². The van der Waals surface area contributed by atoms with Crippen LogP contribution in [-0.4, -0.2) is 6.04 Å². The number of rotatable bonds is 4. The molecule has 0 rings (SSSR count). The molecule has 0 aliphatic carbocycles. The first-order valence-electron chi connectivity index (χ1n) is 3.42. The second-order valence-electron chi connectivity index (χ2n) is 2.01. The fourth-order valence-electron chi connectivity index (χ4n) is 0.596. The van der Waals surface area contributed by atoms with Crippen molar-refractivity contribution in [2.45, 2.75) is 18.9 Å². The highest BCUT2D eigenvalue weighted by Gasteiger charge is 2.01. The fourth-order valence-corrected chi connectivity index (χ4v) is 0.596. The van der Waals surface area contributed by atoms with Crippen LogP contribution in [0.1, 0.15) is 12.8 Å². The summed E-state index contributed by atoms with van der Waals surface area (Å²) in [6.07, 6.45) is 3.47. The molecule has 0 aliphatic heterocycles. The van der Waals surface area contributed by atoms with Crippen LogP contribution in [0, 0.1) is 34.0 Å². The Labute approximate surface area is 71.3 Å². The van der Waals surface area contributed by atoms with Crippen LogP contribution in [0.4, 0.5) is 0 Å². The molecule has 0 fully saturated rings. The van der Waals surface area contributed by atoms with Crippen molar-refractivity contribution >= 4 is 0 Å². The molecule has 4 nitrogen and oxygen atoms in total. The van der Waals surface area contributed by atoms with Gasteiger partial charge in [0.1, 0.15) is 6.04 Å². The van der Waals surface area contributed by atoms with E-state index in [1.807, 2.05) is 12.1 Å². The largest absolute Gasteiger partial charge is 0.375 e. The van der Waals surface area contributed by atoms with Gasteiger partial charge < -0.3 is 5.32 Å². The summed E-state index contributed by atoms with van der Waals surface area (Å²) in [4.78, 5) is 0. The SMILES string of the molecule is N#C/C=C/NC(C#N)CCC#N. The number of hydrogen-bond acceptors (Lipinski definition) is 4. The van der Waals surface area contributed by atoms with E-state index in [-0.39, 0.29) is 6.04 Å². The summed E-state index contributed by atoms with van der Waals surface area (Å²) in [5.74, 6) is 0. The first-order chi connectivity index (χ1) is 5.85. The molecule has 0 saturated carbocycles. The molecule has 4 heteroatoms. The molecule has 0 aromatic rings. The smallest absolute Gasteiger partial charge is 0.115 e. The Kier molecular flexibility index (Phi) is 5.94. The van der Waals surface area contributed by atoms with Crippen molar-refractivity contribution in [3.8, 4) is 18.2 Å². The summed E-state index contributed by atoms with van der Waals surface area (Å²) >= 11 is 0. The number of nitrogens with one attached hydrogen (secondary N) is 1. The van der Waals surface area contributed by atoms with Crippen molar-refractivity contribution in [3.63, 3.8) is 0 Å². The molecule has 12 heavy (non-hydrogen) atoms. The molecule has 1 unspecified atom stereocenters. The molecule has 0 radical (unpaired) electrons. The Balaban J connectivity index is 3.73. The molecule has 0 heterocycles. The highest BCUT2D eigenvalue weighted by atomic mass is 14.9. The van der Waals surface area contributed by atoms with Crippen LogP contribution in [0.5, 0.6) is 0 Å². The lowest BCUT2D eigenvalue weighted by molar-refractivity contribution is 0.660. The Morgan fingerprint density at radius 1 is 1.33 bits per heavy atom. The van der Waals surface area contributed by atoms with E-state index in [0.717, 1.165) is 0 Å². The standard InChI is InChI=1S/C8H8N4/c9-4-1-3-8(7-11)12-6-2-5-10/h2,6,8,12H,1,3H2/b6-2+. The second-order valence-corrected chi connectivity index (χ2v) is 2.01. The molecule has 0 spiro atoms. The minimum Gasteiger partial charge on any atom is -0.375 e. The molecule has 0 amide bonds. The monoisotopic (exact) mass is 160 g/mol. The van der Waals surface area contributed by atoms with Crippen LogP contribution < -0.4 is 5.32 Å². The average Bonchev–Trinajstić information content (AvgIpc) is 2.11. The van der Waals surface area contributed by atoms with Crippen molar-refractivity contribution in [2.24, 2.45) is 0 Å². The van der Waals surface area contributed by atoms with Crippen LogP contribution in [-0.2, 0) is 0 Å². The minimum absolute atomic E-state index is 0.339. The van der Waals surface area contributed by atoms with Crippen LogP contribution in [0.2, 0.25) is 0 Å². The van der Waals surface area contributed by atoms with Crippen molar-refractivity contribution in [1.82, 2.24) is 5.32 Å². The van der Waals surface area contributed by atoms with E-state index < -0.39 is 0 Å². The van der Waals surface area contributed by atoms with Crippen molar-refractivity contribution in [3.05, 3.63) is 12.3 Å². The summed E-state index contributed by atoms with van der Waals surface area (Å²) in [6, 6.07) is 5.32. The Hall–Kier alpha value is -1.99. The van der Waals surface area contributed by atoms with Gasteiger partial charge in [0, 0.05) is 18.7 Å². The third-order valence-electron chi connectivity index (χ3n) is 1.16. The number of nitriles is 3. The normalized spacial score (nSPS) is 11.1. The van der Waals surface area contributed by atoms with E-state index in [1.54, 1.807) is 6.07 Å². The second kappa shape index (κ2) is 7.12. The van der Waals surface area contributed by atoms with E-state index in [1.165, 1.54) is 12.3 Å². The van der Waals surface area contributed by atoms with Gasteiger partial charge in [0.25, 0.3) is 0 Å². The van der Waals surface area contributed by atoms with Gasteiger partial charge in [0.2, 0.25) is 0 Å². The van der Waals surface area contributed by atoms with Gasteiger partial charge in [-0.3, -0.25) is 0 Å². The van der Waals surface area contributed by atoms with Gasteiger partial charge >= 0.3 is 0 Å². The van der Waals surface area contributed by atoms with Gasteiger partial charge in [0.05, 0.1) is 18.2 Å². The van der Waals surface area contributed by atoms with Gasteiger partial charge in [-0.1, -0.05) is 0 Å². The third kappa shape index (κ3) is 4.85. The van der Waals surface area contributed by atoms with Gasteiger partial charge in [-0.2, -0.15) is 15.8 Å². The third-order valence-corrected chi connectivity index (χ3v) is 1.16. The Morgan fingerprint density at radius 3 is 2.58 bits per heavy atom. The molecule has 0 aromatic heterocycles. The van der Waals surface area contributed by atoms with Gasteiger partial charge in [-0.05, 0) is 6.42 Å². The molecule has 60 valence electrons. The lowest BCUT2D eigenvalue weighted by atomic mass is 10.2. The van der Waals surface area contributed by atoms with E-state index in [9.17, 15) is 0 Å². The first kappa shape index (κ1) is 10.0. The summed E-state index contributed by atoms with van der Waals surface area (Å²) in [5.41, 5.74) is 0. The summed E-state index contributed by atoms with van der Waals surface area (Å²) in [5, 5.41) is 27.5. The molecule has 0 aliphatic rings. The molecule has 1 atom stereocenters. The lowest BCUT2D eigenvalue weighted by Gasteiger charge is -2.04. The number of hydrogen-bond donors (Lipinski definition) is 1. The van der Waals surface area contributed by atoms with Gasteiger partial charge in [-0.25, -0.2) is 0 Å². The predicted molar refractivity (Wildman–Crippen MR) is 42.1 cm³/mol. The fraction of sp³-hybridized carbons (Fsp3) is 0.375. The summed E-state index contributed by atoms with van der Waals surface area (Å²) < 4.78 is 0. The first-order valence-corrected chi connectivity index (χ1v) is 3.42. The van der Waals surface area contributed by atoms with Crippen molar-refractivity contribution in [1.29, 1.82) is 15.8 Å². The number of allylic oxidation sites excluding steroid dienone is 1. The zero-order valence-corrected chi connectivity index (χ0v) is 6.49. The summed E-state index contributed by atoms with van der Waals surface area (Å²) in [6.45, 7) is 0. The molecule has 1 N–H and O–H groups in total. The van der Waals surface area contributed by atoms with E-state index >= 15 is 0 Å². The van der Waals surface area contributed by atoms with E-state index in [0.29, 0.717) is 12.8 Å². The number of nitrogens with zero attached hydrogens (tertiary/aromatic N) is 3. The van der Waals surface area contributed by atoms with Crippen molar-refractivity contribution in [2.75, 3.05) is 0 Å². The van der Waals surface area contributed by atoms with Crippen LogP contribution in [0.3, 0.4) is 0 Å². The highest BCUT2D eigenvalue weighted by Crippen LogP contribution is 1.93. The lowest BCUT2D eigenvalue weighted by Crippen LogP contribution is -2.21. The molecular weight excluding hydrogens is 152 g/mol. The van der Waals surface area contributed by atoms with Crippen LogP contribution in [0.15, 0.2) is 12.3 Å². The predicted octanol–water partition coefficient (Wildman–Crippen LogP) is 0.809. The quantitative estimate of drug-likeness (QED) is 0.617. The van der Waals surface area contributed by atoms with Gasteiger partial charge in [-0.15, -0.1) is 0 Å².